The van der Waals surface area contributed by atoms with Crippen LogP contribution in [-0.2, 0) is 0 Å². The summed E-state index contributed by atoms with van der Waals surface area (Å²) in [5, 5.41) is 20.2. The molecule has 0 spiro atoms. The summed E-state index contributed by atoms with van der Waals surface area (Å²) in [5.74, 6) is 1.16. The normalized spacial score (nSPS) is 18.7. The van der Waals surface area contributed by atoms with Crippen molar-refractivity contribution in [2.45, 2.75) is 12.2 Å². The minimum absolute atomic E-state index is 0.00921. The molecule has 2 unspecified atom stereocenters. The number of ether oxygens (including phenoxy) is 3. The molecule has 26 heavy (non-hydrogen) atoms. The predicted molar refractivity (Wildman–Crippen MR) is 92.0 cm³/mol. The number of aliphatic hydroxyl groups excluding tert-OH is 1. The van der Waals surface area contributed by atoms with E-state index < -0.39 is 17.8 Å². The Labute approximate surface area is 148 Å². The molecule has 1 aliphatic heterocycles. The van der Waals surface area contributed by atoms with Gasteiger partial charge in [-0.2, -0.15) is 0 Å². The Morgan fingerprint density at radius 2 is 1.88 bits per heavy atom. The molecule has 3 aromatic rings. The van der Waals surface area contributed by atoms with Gasteiger partial charge >= 0.3 is 5.63 Å². The summed E-state index contributed by atoms with van der Waals surface area (Å²) in [4.78, 5) is 11.4. The monoisotopic (exact) mass is 356 g/mol. The summed E-state index contributed by atoms with van der Waals surface area (Å²) in [6.07, 6.45) is -1.28. The number of aliphatic hydroxyl groups is 1. The zero-order chi connectivity index (χ0) is 18.3. The van der Waals surface area contributed by atoms with E-state index in [1.165, 1.54) is 19.2 Å². The number of phenols is 1. The zero-order valence-corrected chi connectivity index (χ0v) is 13.8. The molecule has 0 saturated heterocycles. The second kappa shape index (κ2) is 6.27. The Morgan fingerprint density at radius 1 is 1.08 bits per heavy atom. The molecule has 134 valence electrons. The quantitative estimate of drug-likeness (QED) is 0.695. The smallest absolute Gasteiger partial charge is 0.336 e. The standard InChI is InChI=1S/C19H16O7/c1-23-14-7-11(2-4-12(14)21)19-17(9-20)24-16-8-13-10(6-15(16)26-19)3-5-18(22)25-13/h2-8,17,19-21H,9H2,1H3. The van der Waals surface area contributed by atoms with Crippen LogP contribution in [0.3, 0.4) is 0 Å². The SMILES string of the molecule is COc1cc(C2Oc3cc4ccc(=O)oc4cc3OC2CO)ccc1O. The molecule has 1 aromatic heterocycles. The van der Waals surface area contributed by atoms with Crippen molar-refractivity contribution in [3.05, 3.63) is 58.4 Å². The first kappa shape index (κ1) is 16.3. The van der Waals surface area contributed by atoms with Crippen LogP contribution in [-0.4, -0.2) is 30.0 Å². The lowest BCUT2D eigenvalue weighted by molar-refractivity contribution is -0.0122. The number of hydrogen-bond acceptors (Lipinski definition) is 7. The van der Waals surface area contributed by atoms with Crippen molar-refractivity contribution in [2.24, 2.45) is 0 Å². The average Bonchev–Trinajstić information content (AvgIpc) is 2.65. The highest BCUT2D eigenvalue weighted by Crippen LogP contribution is 2.42. The lowest BCUT2D eigenvalue weighted by Crippen LogP contribution is -2.36. The first-order valence-corrected chi connectivity index (χ1v) is 7.98. The molecule has 2 atom stereocenters. The van der Waals surface area contributed by atoms with Gasteiger partial charge in [0, 0.05) is 23.1 Å². The van der Waals surface area contributed by atoms with Gasteiger partial charge in [-0.05, 0) is 24.3 Å². The van der Waals surface area contributed by atoms with E-state index in [4.69, 9.17) is 18.6 Å². The van der Waals surface area contributed by atoms with E-state index in [2.05, 4.69) is 0 Å². The van der Waals surface area contributed by atoms with Gasteiger partial charge in [0.2, 0.25) is 0 Å². The highest BCUT2D eigenvalue weighted by Gasteiger charge is 2.33. The van der Waals surface area contributed by atoms with Crippen molar-refractivity contribution in [1.29, 1.82) is 0 Å². The van der Waals surface area contributed by atoms with Crippen molar-refractivity contribution in [2.75, 3.05) is 13.7 Å². The van der Waals surface area contributed by atoms with Gasteiger partial charge < -0.3 is 28.8 Å². The Morgan fingerprint density at radius 3 is 2.65 bits per heavy atom. The van der Waals surface area contributed by atoms with Gasteiger partial charge in [0.15, 0.2) is 35.2 Å². The summed E-state index contributed by atoms with van der Waals surface area (Å²) >= 11 is 0. The molecular formula is C19H16O7. The van der Waals surface area contributed by atoms with Gasteiger partial charge in [0.05, 0.1) is 13.7 Å². The Balaban J connectivity index is 1.77. The van der Waals surface area contributed by atoms with Crippen molar-refractivity contribution < 1.29 is 28.8 Å². The number of benzene rings is 2. The number of fused-ring (bicyclic) bond motifs is 2. The lowest BCUT2D eigenvalue weighted by Gasteiger charge is -2.33. The summed E-state index contributed by atoms with van der Waals surface area (Å²) < 4.78 is 22.2. The predicted octanol–water partition coefficient (Wildman–Crippen LogP) is 2.38. The average molecular weight is 356 g/mol. The van der Waals surface area contributed by atoms with Crippen LogP contribution < -0.4 is 19.8 Å². The summed E-state index contributed by atoms with van der Waals surface area (Å²) in [6, 6.07) is 11.1. The van der Waals surface area contributed by atoms with Crippen LogP contribution in [0.15, 0.2) is 51.7 Å². The van der Waals surface area contributed by atoms with Crippen molar-refractivity contribution in [1.82, 2.24) is 0 Å². The van der Waals surface area contributed by atoms with Crippen LogP contribution in [0.2, 0.25) is 0 Å². The van der Waals surface area contributed by atoms with E-state index >= 15 is 0 Å². The maximum absolute atomic E-state index is 11.4. The maximum atomic E-state index is 11.4. The van der Waals surface area contributed by atoms with Crippen molar-refractivity contribution in [3.63, 3.8) is 0 Å². The maximum Gasteiger partial charge on any atom is 0.336 e. The van der Waals surface area contributed by atoms with Gasteiger partial charge in [-0.15, -0.1) is 0 Å². The minimum Gasteiger partial charge on any atom is -0.504 e. The Hall–Kier alpha value is -3.19. The van der Waals surface area contributed by atoms with Crippen LogP contribution in [0, 0.1) is 0 Å². The number of methoxy groups -OCH3 is 1. The van der Waals surface area contributed by atoms with E-state index in [1.807, 2.05) is 0 Å². The molecule has 1 aliphatic rings. The van der Waals surface area contributed by atoms with Gasteiger partial charge in [0.25, 0.3) is 0 Å². The fraction of sp³-hybridized carbons (Fsp3) is 0.211. The van der Waals surface area contributed by atoms with Gasteiger partial charge in [0.1, 0.15) is 5.58 Å². The van der Waals surface area contributed by atoms with Crippen LogP contribution in [0.4, 0.5) is 0 Å². The molecule has 2 heterocycles. The molecule has 0 radical (unpaired) electrons. The van der Waals surface area contributed by atoms with E-state index in [9.17, 15) is 15.0 Å². The van der Waals surface area contributed by atoms with Gasteiger partial charge in [-0.1, -0.05) is 6.07 Å². The van der Waals surface area contributed by atoms with Crippen LogP contribution in [0.25, 0.3) is 11.0 Å². The molecule has 2 N–H and O–H groups in total. The number of aromatic hydroxyl groups is 1. The van der Waals surface area contributed by atoms with Crippen LogP contribution in [0.5, 0.6) is 23.0 Å². The summed E-state index contributed by atoms with van der Waals surface area (Å²) in [7, 11) is 1.45. The molecule has 4 rings (SSSR count). The van der Waals surface area contributed by atoms with E-state index in [0.29, 0.717) is 33.8 Å². The topological polar surface area (TPSA) is 98.4 Å². The Kier molecular flexibility index (Phi) is 3.93. The first-order valence-electron chi connectivity index (χ1n) is 7.98. The lowest BCUT2D eigenvalue weighted by atomic mass is 10.0. The number of rotatable bonds is 3. The fourth-order valence-electron chi connectivity index (χ4n) is 2.98. The molecular weight excluding hydrogens is 340 g/mol. The molecule has 2 aromatic carbocycles. The first-order chi connectivity index (χ1) is 12.6. The molecule has 0 amide bonds. The fourth-order valence-corrected chi connectivity index (χ4v) is 2.98. The van der Waals surface area contributed by atoms with Gasteiger partial charge in [-0.25, -0.2) is 4.79 Å². The highest BCUT2D eigenvalue weighted by molar-refractivity contribution is 5.80. The highest BCUT2D eigenvalue weighted by atomic mass is 16.6. The largest absolute Gasteiger partial charge is 0.504 e. The third-order valence-corrected chi connectivity index (χ3v) is 4.27. The molecule has 0 aliphatic carbocycles. The van der Waals surface area contributed by atoms with Crippen LogP contribution in [0.1, 0.15) is 11.7 Å². The van der Waals surface area contributed by atoms with E-state index in [1.54, 1.807) is 30.3 Å². The summed E-state index contributed by atoms with van der Waals surface area (Å²) in [6.45, 7) is -0.288. The van der Waals surface area contributed by atoms with E-state index in [-0.39, 0.29) is 12.4 Å². The van der Waals surface area contributed by atoms with Crippen molar-refractivity contribution in [3.8, 4) is 23.0 Å². The van der Waals surface area contributed by atoms with Gasteiger partial charge in [-0.3, -0.25) is 0 Å². The van der Waals surface area contributed by atoms with Crippen LogP contribution >= 0.6 is 0 Å². The molecule has 7 heteroatoms. The zero-order valence-electron chi connectivity index (χ0n) is 13.8. The molecule has 7 nitrogen and oxygen atoms in total. The van der Waals surface area contributed by atoms with Crippen molar-refractivity contribution >= 4 is 11.0 Å². The summed E-state index contributed by atoms with van der Waals surface area (Å²) in [5.41, 5.74) is 0.604. The minimum atomic E-state index is -0.676. The number of hydrogen-bond donors (Lipinski definition) is 2. The Bertz CT molecular complexity index is 1020. The van der Waals surface area contributed by atoms with E-state index in [0.717, 1.165) is 0 Å². The third-order valence-electron chi connectivity index (χ3n) is 4.27. The molecule has 0 fully saturated rings. The second-order valence-corrected chi connectivity index (χ2v) is 5.90. The number of phenolic OH excluding ortho intramolecular Hbond substituents is 1. The third kappa shape index (κ3) is 2.72. The second-order valence-electron chi connectivity index (χ2n) is 5.90. The molecule has 0 bridgehead atoms. The molecule has 0 saturated carbocycles.